The molecule has 1 saturated carbocycles. The van der Waals surface area contributed by atoms with E-state index in [2.05, 4.69) is 0 Å². The molecule has 0 aromatic heterocycles. The zero-order valence-corrected chi connectivity index (χ0v) is 16.4. The smallest absolute Gasteiger partial charge is 0.231 e. The van der Waals surface area contributed by atoms with Crippen molar-refractivity contribution in [1.29, 1.82) is 0 Å². The lowest BCUT2D eigenvalue weighted by Crippen LogP contribution is -2.48. The molecule has 1 unspecified atom stereocenters. The molecule has 0 spiro atoms. The Morgan fingerprint density at radius 3 is 2.59 bits per heavy atom. The van der Waals surface area contributed by atoms with Crippen LogP contribution in [-0.2, 0) is 25.5 Å². The predicted octanol–water partition coefficient (Wildman–Crippen LogP) is 2.98. The normalized spacial score (nSPS) is 28.0. The van der Waals surface area contributed by atoms with E-state index in [-0.39, 0.29) is 49.3 Å². The van der Waals surface area contributed by atoms with Gasteiger partial charge in [-0.2, -0.15) is 0 Å². The largest absolute Gasteiger partial charge is 0.454 e. The quantitative estimate of drug-likeness (QED) is 0.688. The molecule has 1 aliphatic heterocycles. The Labute approximate surface area is 169 Å². The second-order valence-electron chi connectivity index (χ2n) is 7.78. The lowest BCUT2D eigenvalue weighted by Gasteiger charge is -2.40. The number of ether oxygens (including phenoxy) is 3. The third-order valence-corrected chi connectivity index (χ3v) is 6.09. The highest BCUT2D eigenvalue weighted by atomic mass is 16.7. The summed E-state index contributed by atoms with van der Waals surface area (Å²) in [5, 5.41) is 0. The van der Waals surface area contributed by atoms with Crippen molar-refractivity contribution in [2.24, 2.45) is 11.8 Å². The maximum Gasteiger partial charge on any atom is 0.231 e. The Kier molecular flexibility index (Phi) is 5.37. The minimum Gasteiger partial charge on any atom is -0.454 e. The summed E-state index contributed by atoms with van der Waals surface area (Å²) in [7, 11) is 1.60. The molecule has 2 aliphatic carbocycles. The number of carbonyl (C=O) groups is 3. The van der Waals surface area contributed by atoms with Gasteiger partial charge in [0.25, 0.3) is 0 Å². The molecule has 3 aliphatic rings. The summed E-state index contributed by atoms with van der Waals surface area (Å²) >= 11 is 0. The molecule has 152 valence electrons. The van der Waals surface area contributed by atoms with Gasteiger partial charge in [-0.15, -0.1) is 0 Å². The van der Waals surface area contributed by atoms with Crippen LogP contribution in [0.2, 0.25) is 0 Å². The molecule has 0 amide bonds. The van der Waals surface area contributed by atoms with Gasteiger partial charge < -0.3 is 14.2 Å². The van der Waals surface area contributed by atoms with Crippen molar-refractivity contribution in [3.63, 3.8) is 0 Å². The Morgan fingerprint density at radius 2 is 1.90 bits per heavy atom. The van der Waals surface area contributed by atoms with Crippen LogP contribution in [0.5, 0.6) is 11.5 Å². The van der Waals surface area contributed by atoms with E-state index in [0.29, 0.717) is 24.3 Å². The van der Waals surface area contributed by atoms with Gasteiger partial charge in [-0.05, 0) is 30.5 Å². The number of aryl methyl sites for hydroxylation is 1. The van der Waals surface area contributed by atoms with Gasteiger partial charge in [-0.25, -0.2) is 0 Å². The molecule has 1 aromatic rings. The summed E-state index contributed by atoms with van der Waals surface area (Å²) in [6.45, 7) is 0.192. The maximum atomic E-state index is 12.7. The number of rotatable bonds is 6. The number of hydrogen-bond acceptors (Lipinski definition) is 6. The zero-order chi connectivity index (χ0) is 20.4. The number of benzene rings is 1. The van der Waals surface area contributed by atoms with Crippen molar-refractivity contribution in [1.82, 2.24) is 0 Å². The fourth-order valence-corrected chi connectivity index (χ4v) is 4.42. The molecule has 6 nitrogen and oxygen atoms in total. The molecule has 1 atom stereocenters. The highest BCUT2D eigenvalue weighted by Crippen LogP contribution is 2.39. The molecule has 0 bridgehead atoms. The van der Waals surface area contributed by atoms with E-state index in [1.165, 1.54) is 0 Å². The average Bonchev–Trinajstić information content (AvgIpc) is 3.20. The number of ketones is 3. The zero-order valence-electron chi connectivity index (χ0n) is 16.4. The standard InChI is InChI=1S/C23H24O6/c1-27-23(9-3-2-4-10-23)16-12-18(25)22(19(26)13-16)17(24)7-5-15-6-8-20-21(11-15)29-14-28-20/h2-4,6,8-9,11,16,22H,5,7,10,12-14H2,1H3. The second-order valence-corrected chi connectivity index (χ2v) is 7.78. The van der Waals surface area contributed by atoms with Gasteiger partial charge in [-0.3, -0.25) is 14.4 Å². The van der Waals surface area contributed by atoms with Gasteiger partial charge in [0.15, 0.2) is 28.8 Å². The van der Waals surface area contributed by atoms with Crippen LogP contribution in [0.3, 0.4) is 0 Å². The highest BCUT2D eigenvalue weighted by Gasteiger charge is 2.47. The average molecular weight is 396 g/mol. The van der Waals surface area contributed by atoms with E-state index >= 15 is 0 Å². The van der Waals surface area contributed by atoms with E-state index in [0.717, 1.165) is 5.56 Å². The molecule has 0 N–H and O–H groups in total. The Balaban J connectivity index is 1.40. The van der Waals surface area contributed by atoms with Gasteiger partial charge >= 0.3 is 0 Å². The molecular formula is C23H24O6. The second kappa shape index (κ2) is 7.95. The van der Waals surface area contributed by atoms with Crippen molar-refractivity contribution in [2.45, 2.75) is 37.7 Å². The van der Waals surface area contributed by atoms with E-state index in [1.54, 1.807) is 13.2 Å². The first kappa shape index (κ1) is 19.6. The van der Waals surface area contributed by atoms with Crippen LogP contribution in [-0.4, -0.2) is 36.9 Å². The molecule has 29 heavy (non-hydrogen) atoms. The van der Waals surface area contributed by atoms with Gasteiger partial charge in [0.2, 0.25) is 6.79 Å². The monoisotopic (exact) mass is 396 g/mol. The Bertz CT molecular complexity index is 881. The van der Waals surface area contributed by atoms with E-state index in [4.69, 9.17) is 14.2 Å². The van der Waals surface area contributed by atoms with Gasteiger partial charge in [0, 0.05) is 32.3 Å². The lowest BCUT2D eigenvalue weighted by molar-refractivity contribution is -0.147. The van der Waals surface area contributed by atoms with Crippen LogP contribution in [0, 0.1) is 11.8 Å². The number of Topliss-reactive ketones (excluding diaryl/α,β-unsaturated/α-hetero) is 3. The Morgan fingerprint density at radius 1 is 1.14 bits per heavy atom. The summed E-state index contributed by atoms with van der Waals surface area (Å²) in [5.74, 6) is -0.933. The predicted molar refractivity (Wildman–Crippen MR) is 105 cm³/mol. The van der Waals surface area contributed by atoms with Gasteiger partial charge in [0.05, 0.1) is 5.60 Å². The van der Waals surface area contributed by atoms with Crippen LogP contribution >= 0.6 is 0 Å². The third kappa shape index (κ3) is 3.77. The lowest BCUT2D eigenvalue weighted by atomic mass is 9.69. The summed E-state index contributed by atoms with van der Waals surface area (Å²) in [6.07, 6.45) is 9.26. The third-order valence-electron chi connectivity index (χ3n) is 6.09. The van der Waals surface area contributed by atoms with Crippen molar-refractivity contribution in [3.05, 3.63) is 48.1 Å². The first-order valence-electron chi connectivity index (χ1n) is 9.88. The maximum absolute atomic E-state index is 12.7. The van der Waals surface area contributed by atoms with E-state index < -0.39 is 11.5 Å². The fourth-order valence-electron chi connectivity index (χ4n) is 4.42. The molecule has 0 saturated heterocycles. The van der Waals surface area contributed by atoms with Crippen molar-refractivity contribution in [3.8, 4) is 11.5 Å². The molecule has 0 radical (unpaired) electrons. The van der Waals surface area contributed by atoms with Crippen LogP contribution in [0.4, 0.5) is 0 Å². The van der Waals surface area contributed by atoms with Crippen LogP contribution in [0.25, 0.3) is 0 Å². The van der Waals surface area contributed by atoms with E-state index in [1.807, 2.05) is 36.4 Å². The summed E-state index contributed by atoms with van der Waals surface area (Å²) < 4.78 is 16.3. The van der Waals surface area contributed by atoms with Crippen molar-refractivity contribution >= 4 is 17.3 Å². The van der Waals surface area contributed by atoms with Crippen LogP contribution in [0.1, 0.15) is 31.2 Å². The van der Waals surface area contributed by atoms with Crippen LogP contribution in [0.15, 0.2) is 42.5 Å². The number of carbonyl (C=O) groups excluding carboxylic acids is 3. The minimum atomic E-state index is -1.14. The van der Waals surface area contributed by atoms with Gasteiger partial charge in [-0.1, -0.05) is 30.4 Å². The molecule has 6 heteroatoms. The minimum absolute atomic E-state index is 0.143. The molecule has 1 aromatic carbocycles. The first-order chi connectivity index (χ1) is 14.0. The number of fused-ring (bicyclic) bond motifs is 1. The molecule has 1 heterocycles. The Hall–Kier alpha value is -2.73. The summed E-state index contributed by atoms with van der Waals surface area (Å²) in [6, 6.07) is 5.51. The van der Waals surface area contributed by atoms with E-state index in [9.17, 15) is 14.4 Å². The summed E-state index contributed by atoms with van der Waals surface area (Å²) in [4.78, 5) is 38.2. The first-order valence-corrected chi connectivity index (χ1v) is 9.88. The number of allylic oxidation sites excluding steroid dienone is 2. The van der Waals surface area contributed by atoms with Crippen molar-refractivity contribution < 1.29 is 28.6 Å². The fraction of sp³-hybridized carbons (Fsp3) is 0.435. The molecule has 1 fully saturated rings. The topological polar surface area (TPSA) is 78.9 Å². The molecule has 4 rings (SSSR count). The van der Waals surface area contributed by atoms with Crippen molar-refractivity contribution in [2.75, 3.05) is 13.9 Å². The summed E-state index contributed by atoms with van der Waals surface area (Å²) in [5.41, 5.74) is 0.259. The SMILES string of the molecule is COC1(C2CC(=O)C(C(=O)CCc3ccc4c(c3)OCO4)C(=O)C2)C=CC=CC1. The van der Waals surface area contributed by atoms with Gasteiger partial charge in [0.1, 0.15) is 5.92 Å². The highest BCUT2D eigenvalue weighted by molar-refractivity contribution is 6.20. The molecular weight excluding hydrogens is 372 g/mol. The van der Waals surface area contributed by atoms with Crippen LogP contribution < -0.4 is 9.47 Å². The number of methoxy groups -OCH3 is 1. The number of hydrogen-bond donors (Lipinski definition) is 0.